The number of ether oxygens (including phenoxy) is 1. The Labute approximate surface area is 156 Å². The third kappa shape index (κ3) is 3.73. The molecule has 1 unspecified atom stereocenters. The first-order valence-electron chi connectivity index (χ1n) is 8.39. The zero-order valence-electron chi connectivity index (χ0n) is 14.7. The zero-order chi connectivity index (χ0) is 18.7. The van der Waals surface area contributed by atoms with Gasteiger partial charge in [-0.25, -0.2) is 4.68 Å². The third-order valence-electron chi connectivity index (χ3n) is 4.51. The largest absolute Gasteiger partial charge is 0.469 e. The van der Waals surface area contributed by atoms with Crippen LogP contribution in [0.5, 0.6) is 0 Å². The van der Waals surface area contributed by atoms with Crippen molar-refractivity contribution in [1.82, 2.24) is 20.0 Å². The van der Waals surface area contributed by atoms with Gasteiger partial charge in [0.05, 0.1) is 24.9 Å². The molecule has 0 bridgehead atoms. The second-order valence-corrected chi connectivity index (χ2v) is 6.52. The highest BCUT2D eigenvalue weighted by Gasteiger charge is 2.33. The maximum Gasteiger partial charge on any atom is 0.307 e. The first-order chi connectivity index (χ1) is 12.5. The lowest BCUT2D eigenvalue weighted by molar-refractivity contribution is -0.146. The summed E-state index contributed by atoms with van der Waals surface area (Å²) in [5.41, 5.74) is 2.51. The van der Waals surface area contributed by atoms with Crippen LogP contribution in [0.15, 0.2) is 30.3 Å². The van der Waals surface area contributed by atoms with E-state index in [9.17, 15) is 9.59 Å². The Balaban J connectivity index is 1.86. The number of esters is 1. The second kappa shape index (κ2) is 7.88. The fourth-order valence-electron chi connectivity index (χ4n) is 3.07. The number of rotatable bonds is 5. The molecular weight excluding hydrogens is 356 g/mol. The van der Waals surface area contributed by atoms with Crippen LogP contribution in [0.4, 0.5) is 0 Å². The summed E-state index contributed by atoms with van der Waals surface area (Å²) in [6, 6.07) is 9.05. The van der Waals surface area contributed by atoms with Crippen LogP contribution < -0.4 is 5.32 Å². The molecule has 1 fully saturated rings. The lowest BCUT2D eigenvalue weighted by atomic mass is 10.1. The molecule has 8 heteroatoms. The predicted octanol–water partition coefficient (Wildman–Crippen LogP) is 1.70. The van der Waals surface area contributed by atoms with Crippen molar-refractivity contribution in [3.63, 3.8) is 0 Å². The summed E-state index contributed by atoms with van der Waals surface area (Å²) in [5.74, 6) is -0.592. The van der Waals surface area contributed by atoms with Crippen LogP contribution in [0, 0.1) is 6.92 Å². The molecule has 138 valence electrons. The normalized spacial score (nSPS) is 17.8. The van der Waals surface area contributed by atoms with E-state index in [1.165, 1.54) is 7.11 Å². The first-order valence-corrected chi connectivity index (χ1v) is 8.77. The van der Waals surface area contributed by atoms with Crippen LogP contribution in [-0.4, -0.2) is 52.8 Å². The Kier molecular flexibility index (Phi) is 5.58. The Morgan fingerprint density at radius 1 is 1.38 bits per heavy atom. The van der Waals surface area contributed by atoms with Crippen molar-refractivity contribution >= 4 is 23.5 Å². The number of aromatic nitrogens is 2. The van der Waals surface area contributed by atoms with Crippen LogP contribution in [0.1, 0.15) is 17.7 Å². The van der Waals surface area contributed by atoms with Gasteiger partial charge in [-0.1, -0.05) is 29.8 Å². The van der Waals surface area contributed by atoms with Crippen LogP contribution in [-0.2, 0) is 20.9 Å². The molecule has 0 aliphatic carbocycles. The highest BCUT2D eigenvalue weighted by Crippen LogP contribution is 2.26. The topological polar surface area (TPSA) is 76.5 Å². The van der Waals surface area contributed by atoms with E-state index in [-0.39, 0.29) is 12.3 Å². The van der Waals surface area contributed by atoms with Crippen molar-refractivity contribution < 1.29 is 14.3 Å². The van der Waals surface area contributed by atoms with Gasteiger partial charge in [0, 0.05) is 25.2 Å². The molecule has 0 spiro atoms. The van der Waals surface area contributed by atoms with E-state index in [1.807, 2.05) is 42.2 Å². The lowest BCUT2D eigenvalue weighted by Crippen LogP contribution is -2.55. The Morgan fingerprint density at radius 3 is 2.81 bits per heavy atom. The van der Waals surface area contributed by atoms with E-state index in [2.05, 4.69) is 10.4 Å². The van der Waals surface area contributed by atoms with Gasteiger partial charge in [-0.2, -0.15) is 5.10 Å². The highest BCUT2D eigenvalue weighted by atomic mass is 35.5. The molecular formula is C18H21ClN4O3. The molecule has 1 aromatic carbocycles. The number of nitrogens with zero attached hydrogens (tertiary/aromatic N) is 3. The van der Waals surface area contributed by atoms with Crippen molar-refractivity contribution in [2.24, 2.45) is 0 Å². The van der Waals surface area contributed by atoms with Gasteiger partial charge in [-0.15, -0.1) is 0 Å². The number of methoxy groups -OCH3 is 1. The summed E-state index contributed by atoms with van der Waals surface area (Å²) in [5, 5.41) is 7.84. The van der Waals surface area contributed by atoms with Gasteiger partial charge in [-0.3, -0.25) is 14.5 Å². The van der Waals surface area contributed by atoms with E-state index in [0.717, 1.165) is 16.9 Å². The van der Waals surface area contributed by atoms with Crippen LogP contribution in [0.2, 0.25) is 5.15 Å². The van der Waals surface area contributed by atoms with Crippen molar-refractivity contribution in [1.29, 1.82) is 0 Å². The molecule has 3 rings (SSSR count). The highest BCUT2D eigenvalue weighted by molar-refractivity contribution is 6.30. The van der Waals surface area contributed by atoms with E-state index >= 15 is 0 Å². The number of halogens is 1. The molecule has 0 radical (unpaired) electrons. The molecule has 1 aromatic heterocycles. The molecule has 7 nitrogen and oxygen atoms in total. The minimum absolute atomic E-state index is 0.00578. The average Bonchev–Trinajstić information content (AvgIpc) is 2.93. The van der Waals surface area contributed by atoms with Gasteiger partial charge >= 0.3 is 5.97 Å². The van der Waals surface area contributed by atoms with E-state index in [0.29, 0.717) is 24.8 Å². The quantitative estimate of drug-likeness (QED) is 0.804. The van der Waals surface area contributed by atoms with Gasteiger partial charge in [0.1, 0.15) is 11.2 Å². The Hall–Kier alpha value is -2.38. The fourth-order valence-corrected chi connectivity index (χ4v) is 3.40. The van der Waals surface area contributed by atoms with Crippen LogP contribution in [0.3, 0.4) is 0 Å². The standard InChI is InChI=1S/C18H21ClN4O3/c1-12-14(17(19)23(21-12)13-6-4-3-5-7-13)11-22-9-8-20-18(25)15(22)10-16(24)26-2/h3-7,15H,8-11H2,1-2H3,(H,20,25). The zero-order valence-corrected chi connectivity index (χ0v) is 15.5. The summed E-state index contributed by atoms with van der Waals surface area (Å²) in [6.45, 7) is 3.48. The van der Waals surface area contributed by atoms with Gasteiger partial charge < -0.3 is 10.1 Å². The van der Waals surface area contributed by atoms with Crippen molar-refractivity contribution in [2.75, 3.05) is 20.2 Å². The lowest BCUT2D eigenvalue weighted by Gasteiger charge is -2.34. The molecule has 1 aliphatic rings. The van der Waals surface area contributed by atoms with E-state index in [1.54, 1.807) is 4.68 Å². The summed E-state index contributed by atoms with van der Waals surface area (Å²) in [6.07, 6.45) is 0.00578. The molecule has 2 aromatic rings. The molecule has 26 heavy (non-hydrogen) atoms. The van der Waals surface area contributed by atoms with Crippen LogP contribution in [0.25, 0.3) is 5.69 Å². The van der Waals surface area contributed by atoms with Gasteiger partial charge in [0.15, 0.2) is 0 Å². The van der Waals surface area contributed by atoms with E-state index < -0.39 is 12.0 Å². The summed E-state index contributed by atoms with van der Waals surface area (Å²) < 4.78 is 6.41. The maximum absolute atomic E-state index is 12.2. The molecule has 0 saturated carbocycles. The minimum atomic E-state index is -0.577. The first kappa shape index (κ1) is 18.4. The molecule has 2 heterocycles. The average molecular weight is 377 g/mol. The SMILES string of the molecule is COC(=O)CC1C(=O)NCCN1Cc1c(C)nn(-c2ccccc2)c1Cl. The van der Waals surface area contributed by atoms with Crippen LogP contribution >= 0.6 is 11.6 Å². The van der Waals surface area contributed by atoms with Crippen molar-refractivity contribution in [3.05, 3.63) is 46.7 Å². The van der Waals surface area contributed by atoms with E-state index in [4.69, 9.17) is 16.3 Å². The molecule has 1 amide bonds. The summed E-state index contributed by atoms with van der Waals surface area (Å²) in [7, 11) is 1.32. The minimum Gasteiger partial charge on any atom is -0.469 e. The summed E-state index contributed by atoms with van der Waals surface area (Å²) >= 11 is 6.58. The van der Waals surface area contributed by atoms with Crippen molar-refractivity contribution in [2.45, 2.75) is 25.9 Å². The van der Waals surface area contributed by atoms with Gasteiger partial charge in [-0.05, 0) is 19.1 Å². The predicted molar refractivity (Wildman–Crippen MR) is 97.2 cm³/mol. The molecule has 1 N–H and O–H groups in total. The third-order valence-corrected chi connectivity index (χ3v) is 4.90. The fraction of sp³-hybridized carbons (Fsp3) is 0.389. The number of aryl methyl sites for hydroxylation is 1. The number of benzene rings is 1. The summed E-state index contributed by atoms with van der Waals surface area (Å²) in [4.78, 5) is 25.8. The van der Waals surface area contributed by atoms with Gasteiger partial charge in [0.2, 0.25) is 5.91 Å². The molecule has 1 aliphatic heterocycles. The number of piperazine rings is 1. The molecule has 1 saturated heterocycles. The number of hydrogen-bond donors (Lipinski definition) is 1. The second-order valence-electron chi connectivity index (χ2n) is 6.16. The number of hydrogen-bond acceptors (Lipinski definition) is 5. The number of carbonyl (C=O) groups excluding carboxylic acids is 2. The number of carbonyl (C=O) groups is 2. The van der Waals surface area contributed by atoms with Crippen molar-refractivity contribution in [3.8, 4) is 5.69 Å². The number of amides is 1. The molecule has 1 atom stereocenters. The smallest absolute Gasteiger partial charge is 0.307 e. The monoisotopic (exact) mass is 376 g/mol. The number of nitrogens with one attached hydrogen (secondary N) is 1. The number of para-hydroxylation sites is 1. The van der Waals surface area contributed by atoms with Gasteiger partial charge in [0.25, 0.3) is 0 Å². The maximum atomic E-state index is 12.2. The Morgan fingerprint density at radius 2 is 2.12 bits per heavy atom. The Bertz CT molecular complexity index is 806.